The fraction of sp³-hybridized carbons (Fsp3) is 0.533. The van der Waals surface area contributed by atoms with Gasteiger partial charge in [-0.15, -0.1) is 0 Å². The molecule has 0 unspecified atom stereocenters. The molecule has 18 heavy (non-hydrogen) atoms. The van der Waals surface area contributed by atoms with Crippen molar-refractivity contribution in [2.24, 2.45) is 0 Å². The quantitative estimate of drug-likeness (QED) is 0.821. The highest BCUT2D eigenvalue weighted by atomic mass is 16.5. The Hall–Kier alpha value is -1.51. The highest BCUT2D eigenvalue weighted by Gasteiger charge is 2.18. The molecule has 1 saturated heterocycles. The Morgan fingerprint density at radius 3 is 2.67 bits per heavy atom. The molecule has 2 rings (SSSR count). The van der Waals surface area contributed by atoms with Crippen molar-refractivity contribution < 1.29 is 9.53 Å². The lowest BCUT2D eigenvalue weighted by molar-refractivity contribution is -0.131. The second-order valence-corrected chi connectivity index (χ2v) is 4.93. The average Bonchev–Trinajstić information content (AvgIpc) is 2.40. The average molecular weight is 247 g/mol. The number of piperidine rings is 1. The number of ether oxygens (including phenoxy) is 1. The van der Waals surface area contributed by atoms with Gasteiger partial charge < -0.3 is 9.64 Å². The maximum absolute atomic E-state index is 12.2. The molecular formula is C15H21NO2. The van der Waals surface area contributed by atoms with Gasteiger partial charge in [-0.25, -0.2) is 0 Å². The molecule has 1 aliphatic rings. The predicted molar refractivity (Wildman–Crippen MR) is 71.9 cm³/mol. The van der Waals surface area contributed by atoms with E-state index < -0.39 is 0 Å². The first kappa shape index (κ1) is 12.9. The zero-order valence-electron chi connectivity index (χ0n) is 11.2. The van der Waals surface area contributed by atoms with Crippen molar-refractivity contribution in [2.45, 2.75) is 32.6 Å². The Bertz CT molecular complexity index is 423. The molecule has 3 heteroatoms. The van der Waals surface area contributed by atoms with Crippen molar-refractivity contribution in [3.8, 4) is 5.75 Å². The van der Waals surface area contributed by atoms with Crippen molar-refractivity contribution in [3.05, 3.63) is 29.3 Å². The molecular weight excluding hydrogens is 226 g/mol. The molecule has 0 radical (unpaired) electrons. The van der Waals surface area contributed by atoms with Crippen LogP contribution in [0.25, 0.3) is 0 Å². The largest absolute Gasteiger partial charge is 0.496 e. The Morgan fingerprint density at radius 1 is 1.28 bits per heavy atom. The van der Waals surface area contributed by atoms with Crippen molar-refractivity contribution in [2.75, 3.05) is 20.2 Å². The molecule has 0 bridgehead atoms. The molecule has 0 spiro atoms. The lowest BCUT2D eigenvalue weighted by Crippen LogP contribution is -2.36. The minimum absolute atomic E-state index is 0.221. The van der Waals surface area contributed by atoms with E-state index in [0.717, 1.165) is 42.8 Å². The first-order chi connectivity index (χ1) is 8.70. The third kappa shape index (κ3) is 3.03. The Labute approximate surface area is 109 Å². The van der Waals surface area contributed by atoms with E-state index >= 15 is 0 Å². The third-order valence-electron chi connectivity index (χ3n) is 3.49. The zero-order valence-corrected chi connectivity index (χ0v) is 11.2. The summed E-state index contributed by atoms with van der Waals surface area (Å²) in [6.07, 6.45) is 3.97. The molecule has 0 N–H and O–H groups in total. The van der Waals surface area contributed by atoms with E-state index in [1.807, 2.05) is 30.0 Å². The number of aryl methyl sites for hydroxylation is 1. The topological polar surface area (TPSA) is 29.5 Å². The lowest BCUT2D eigenvalue weighted by atomic mass is 10.1. The maximum atomic E-state index is 12.2. The van der Waals surface area contributed by atoms with Gasteiger partial charge in [0.2, 0.25) is 5.91 Å². The highest BCUT2D eigenvalue weighted by Crippen LogP contribution is 2.21. The smallest absolute Gasteiger partial charge is 0.227 e. The second kappa shape index (κ2) is 5.89. The van der Waals surface area contributed by atoms with Gasteiger partial charge in [-0.05, 0) is 32.3 Å². The van der Waals surface area contributed by atoms with E-state index in [-0.39, 0.29) is 5.91 Å². The summed E-state index contributed by atoms with van der Waals surface area (Å²) in [5.41, 5.74) is 2.16. The standard InChI is InChI=1S/C15H21NO2/c1-12-6-7-14(18-2)13(10-12)11-15(17)16-8-4-3-5-9-16/h6-7,10H,3-5,8-9,11H2,1-2H3. The van der Waals surface area contributed by atoms with Gasteiger partial charge in [0.25, 0.3) is 0 Å². The molecule has 1 aromatic carbocycles. The molecule has 0 atom stereocenters. The van der Waals surface area contributed by atoms with Crippen molar-refractivity contribution in [1.82, 2.24) is 4.90 Å². The molecule has 1 heterocycles. The van der Waals surface area contributed by atoms with Gasteiger partial charge in [-0.3, -0.25) is 4.79 Å². The van der Waals surface area contributed by atoms with Crippen LogP contribution in [0.2, 0.25) is 0 Å². The van der Waals surface area contributed by atoms with Gasteiger partial charge in [0.1, 0.15) is 5.75 Å². The number of carbonyl (C=O) groups excluding carboxylic acids is 1. The monoisotopic (exact) mass is 247 g/mol. The molecule has 1 amide bonds. The summed E-state index contributed by atoms with van der Waals surface area (Å²) in [7, 11) is 1.65. The Morgan fingerprint density at radius 2 is 2.00 bits per heavy atom. The summed E-state index contributed by atoms with van der Waals surface area (Å²) < 4.78 is 5.32. The summed E-state index contributed by atoms with van der Waals surface area (Å²) in [6, 6.07) is 5.99. The van der Waals surface area contributed by atoms with Crippen LogP contribution in [0.3, 0.4) is 0 Å². The van der Waals surface area contributed by atoms with Gasteiger partial charge in [0, 0.05) is 18.7 Å². The molecule has 0 aliphatic carbocycles. The maximum Gasteiger partial charge on any atom is 0.227 e. The second-order valence-electron chi connectivity index (χ2n) is 4.93. The minimum atomic E-state index is 0.221. The molecule has 1 aliphatic heterocycles. The lowest BCUT2D eigenvalue weighted by Gasteiger charge is -2.27. The van der Waals surface area contributed by atoms with Crippen LogP contribution in [0.5, 0.6) is 5.75 Å². The fourth-order valence-electron chi connectivity index (χ4n) is 2.46. The fourth-order valence-corrected chi connectivity index (χ4v) is 2.46. The molecule has 1 fully saturated rings. The van der Waals surface area contributed by atoms with Crippen LogP contribution in [0.4, 0.5) is 0 Å². The van der Waals surface area contributed by atoms with E-state index in [9.17, 15) is 4.79 Å². The predicted octanol–water partition coefficient (Wildman–Crippen LogP) is 2.56. The Kier molecular flexibility index (Phi) is 4.24. The number of rotatable bonds is 3. The molecule has 1 aromatic rings. The number of benzene rings is 1. The zero-order chi connectivity index (χ0) is 13.0. The summed E-state index contributed by atoms with van der Waals surface area (Å²) in [6.45, 7) is 3.86. The van der Waals surface area contributed by atoms with Crippen LogP contribution in [0, 0.1) is 6.92 Å². The van der Waals surface area contributed by atoms with E-state index in [1.54, 1.807) is 7.11 Å². The number of likely N-dealkylation sites (tertiary alicyclic amines) is 1. The van der Waals surface area contributed by atoms with Gasteiger partial charge in [-0.1, -0.05) is 17.7 Å². The molecule has 0 saturated carbocycles. The van der Waals surface area contributed by atoms with E-state index in [2.05, 4.69) is 0 Å². The van der Waals surface area contributed by atoms with Crippen molar-refractivity contribution in [3.63, 3.8) is 0 Å². The van der Waals surface area contributed by atoms with Gasteiger partial charge in [0.15, 0.2) is 0 Å². The van der Waals surface area contributed by atoms with E-state index in [4.69, 9.17) is 4.74 Å². The highest BCUT2D eigenvalue weighted by molar-refractivity contribution is 5.79. The SMILES string of the molecule is COc1ccc(C)cc1CC(=O)N1CCCCC1. The van der Waals surface area contributed by atoms with Crippen molar-refractivity contribution in [1.29, 1.82) is 0 Å². The van der Waals surface area contributed by atoms with Crippen LogP contribution >= 0.6 is 0 Å². The van der Waals surface area contributed by atoms with Crippen LogP contribution in [0.1, 0.15) is 30.4 Å². The first-order valence-corrected chi connectivity index (χ1v) is 6.62. The first-order valence-electron chi connectivity index (χ1n) is 6.62. The Balaban J connectivity index is 2.07. The number of methoxy groups -OCH3 is 1. The summed E-state index contributed by atoms with van der Waals surface area (Å²) >= 11 is 0. The van der Waals surface area contributed by atoms with Crippen LogP contribution < -0.4 is 4.74 Å². The number of carbonyl (C=O) groups is 1. The normalized spacial score (nSPS) is 15.6. The summed E-state index contributed by atoms with van der Waals surface area (Å²) in [5, 5.41) is 0. The van der Waals surface area contributed by atoms with Crippen LogP contribution in [-0.4, -0.2) is 31.0 Å². The summed E-state index contributed by atoms with van der Waals surface area (Å²) in [4.78, 5) is 14.2. The van der Waals surface area contributed by atoms with Crippen LogP contribution in [0.15, 0.2) is 18.2 Å². The van der Waals surface area contributed by atoms with Gasteiger partial charge >= 0.3 is 0 Å². The van der Waals surface area contributed by atoms with Gasteiger partial charge in [-0.2, -0.15) is 0 Å². The van der Waals surface area contributed by atoms with E-state index in [0.29, 0.717) is 6.42 Å². The van der Waals surface area contributed by atoms with E-state index in [1.165, 1.54) is 6.42 Å². The number of hydrogen-bond donors (Lipinski definition) is 0. The molecule has 98 valence electrons. The molecule has 0 aromatic heterocycles. The number of hydrogen-bond acceptors (Lipinski definition) is 2. The molecule has 3 nitrogen and oxygen atoms in total. The number of nitrogens with zero attached hydrogens (tertiary/aromatic N) is 1. The number of amides is 1. The van der Waals surface area contributed by atoms with Crippen LogP contribution in [-0.2, 0) is 11.2 Å². The summed E-state index contributed by atoms with van der Waals surface area (Å²) in [5.74, 6) is 1.03. The van der Waals surface area contributed by atoms with Gasteiger partial charge in [0.05, 0.1) is 13.5 Å². The third-order valence-corrected chi connectivity index (χ3v) is 3.49. The minimum Gasteiger partial charge on any atom is -0.496 e. The van der Waals surface area contributed by atoms with Crippen molar-refractivity contribution >= 4 is 5.91 Å².